The Labute approximate surface area is 224 Å². The van der Waals surface area contributed by atoms with Crippen LogP contribution in [0.1, 0.15) is 56.2 Å². The fraction of sp³-hybridized carbons (Fsp3) is 0.500. The van der Waals surface area contributed by atoms with Crippen molar-refractivity contribution in [2.45, 2.75) is 57.6 Å². The first kappa shape index (κ1) is 29.3. The van der Waals surface area contributed by atoms with Crippen molar-refractivity contribution in [3.05, 3.63) is 47.8 Å². The van der Waals surface area contributed by atoms with Crippen molar-refractivity contribution in [1.29, 1.82) is 0 Å². The third-order valence-electron chi connectivity index (χ3n) is 6.23. The van der Waals surface area contributed by atoms with Crippen LogP contribution >= 0.6 is 0 Å². The summed E-state index contributed by atoms with van der Waals surface area (Å²) >= 11 is 0. The lowest BCUT2D eigenvalue weighted by Crippen LogP contribution is -2.31. The molecule has 2 atom stereocenters. The lowest BCUT2D eigenvalue weighted by atomic mass is 10.1. The van der Waals surface area contributed by atoms with Gasteiger partial charge in [-0.15, -0.1) is 10.2 Å². The van der Waals surface area contributed by atoms with Crippen LogP contribution in [-0.4, -0.2) is 66.8 Å². The number of sulfonamides is 1. The molecule has 0 saturated heterocycles. The number of aryl methyl sites for hydroxylation is 2. The van der Waals surface area contributed by atoms with Crippen molar-refractivity contribution in [3.8, 4) is 17.2 Å². The maximum Gasteiger partial charge on any atom is 0.243 e. The van der Waals surface area contributed by atoms with E-state index in [1.54, 1.807) is 49.0 Å². The molecule has 0 fully saturated rings. The lowest BCUT2D eigenvalue weighted by Gasteiger charge is -2.21. The van der Waals surface area contributed by atoms with Gasteiger partial charge in [0.15, 0.2) is 0 Å². The summed E-state index contributed by atoms with van der Waals surface area (Å²) in [7, 11) is -3.39. The van der Waals surface area contributed by atoms with Crippen LogP contribution in [-0.2, 0) is 27.1 Å². The van der Waals surface area contributed by atoms with Crippen LogP contribution in [0.25, 0.3) is 5.69 Å². The summed E-state index contributed by atoms with van der Waals surface area (Å²) in [5.41, 5.74) is 1.32. The van der Waals surface area contributed by atoms with Crippen LogP contribution in [0.4, 0.5) is 5.95 Å². The predicted molar refractivity (Wildman–Crippen MR) is 144 cm³/mol. The zero-order chi connectivity index (χ0) is 27.9. The van der Waals surface area contributed by atoms with Gasteiger partial charge in [-0.2, -0.15) is 0 Å². The summed E-state index contributed by atoms with van der Waals surface area (Å²) < 4.78 is 64.0. The monoisotopic (exact) mass is 566 g/mol. The lowest BCUT2D eigenvalue weighted by molar-refractivity contribution is 0.390. The molecular weight excluding hydrogens is 532 g/mol. The number of unbranched alkanes of at least 4 members (excludes halogenated alkanes) is 2. The third kappa shape index (κ3) is 6.98. The zero-order valence-corrected chi connectivity index (χ0v) is 23.8. The summed E-state index contributed by atoms with van der Waals surface area (Å²) in [5.74, 6) is 1.36. The SMILES string of the molecule is COc1cccc(OC)c1-n1c(CCCCC[SH](=O)=O)nnc1NS(=O)(=O)[C@@H](C)[C@H](C)c1ncc(C)cn1. The Morgan fingerprint density at radius 1 is 1.00 bits per heavy atom. The molecular formula is C24H34N6O6S2. The molecule has 0 unspecified atom stereocenters. The van der Waals surface area contributed by atoms with E-state index in [-0.39, 0.29) is 11.7 Å². The molecule has 208 valence electrons. The number of para-hydroxylation sites is 1. The van der Waals surface area contributed by atoms with Gasteiger partial charge in [0.2, 0.25) is 16.0 Å². The van der Waals surface area contributed by atoms with Gasteiger partial charge in [0.1, 0.15) is 39.5 Å². The molecule has 38 heavy (non-hydrogen) atoms. The molecule has 3 aromatic rings. The highest BCUT2D eigenvalue weighted by Gasteiger charge is 2.32. The van der Waals surface area contributed by atoms with Gasteiger partial charge in [-0.05, 0) is 44.4 Å². The molecule has 12 nitrogen and oxygen atoms in total. The van der Waals surface area contributed by atoms with Crippen LogP contribution in [0.5, 0.6) is 11.5 Å². The minimum atomic E-state index is -3.97. The number of hydrogen-bond acceptors (Lipinski definition) is 10. The van der Waals surface area contributed by atoms with Crippen LogP contribution in [0, 0.1) is 6.92 Å². The van der Waals surface area contributed by atoms with Crippen molar-refractivity contribution >= 4 is 26.7 Å². The number of benzene rings is 1. The molecule has 0 bridgehead atoms. The average Bonchev–Trinajstić information content (AvgIpc) is 3.28. The minimum absolute atomic E-state index is 0.0192. The Morgan fingerprint density at radius 3 is 2.21 bits per heavy atom. The molecule has 0 aliphatic rings. The highest BCUT2D eigenvalue weighted by Crippen LogP contribution is 2.36. The van der Waals surface area contributed by atoms with Crippen LogP contribution < -0.4 is 14.2 Å². The highest BCUT2D eigenvalue weighted by atomic mass is 32.2. The summed E-state index contributed by atoms with van der Waals surface area (Å²) in [5, 5.41) is 7.53. The molecule has 0 aliphatic carbocycles. The average molecular weight is 567 g/mol. The van der Waals surface area contributed by atoms with E-state index in [4.69, 9.17) is 9.47 Å². The van der Waals surface area contributed by atoms with E-state index in [2.05, 4.69) is 24.9 Å². The van der Waals surface area contributed by atoms with Crippen LogP contribution in [0.3, 0.4) is 0 Å². The molecule has 2 aromatic heterocycles. The van der Waals surface area contributed by atoms with E-state index in [0.29, 0.717) is 54.5 Å². The summed E-state index contributed by atoms with van der Waals surface area (Å²) in [6.07, 6.45) is 5.54. The van der Waals surface area contributed by atoms with E-state index >= 15 is 0 Å². The first-order chi connectivity index (χ1) is 18.1. The van der Waals surface area contributed by atoms with Crippen molar-refractivity contribution < 1.29 is 26.3 Å². The molecule has 0 radical (unpaired) electrons. The Balaban J connectivity index is 1.98. The fourth-order valence-corrected chi connectivity index (χ4v) is 5.58. The van der Waals surface area contributed by atoms with Gasteiger partial charge < -0.3 is 9.47 Å². The number of nitrogens with zero attached hydrogens (tertiary/aromatic N) is 5. The highest BCUT2D eigenvalue weighted by molar-refractivity contribution is 7.93. The second-order valence-corrected chi connectivity index (χ2v) is 12.1. The smallest absolute Gasteiger partial charge is 0.243 e. The van der Waals surface area contributed by atoms with Crippen molar-refractivity contribution in [3.63, 3.8) is 0 Å². The number of nitrogens with one attached hydrogen (secondary N) is 1. The Hall–Kier alpha value is -3.26. The van der Waals surface area contributed by atoms with E-state index in [1.807, 2.05) is 6.92 Å². The van der Waals surface area contributed by atoms with Gasteiger partial charge in [0, 0.05) is 30.5 Å². The molecule has 1 N–H and O–H groups in total. The number of hydrogen-bond donors (Lipinski definition) is 2. The summed E-state index contributed by atoms with van der Waals surface area (Å²) in [6.45, 7) is 5.20. The van der Waals surface area contributed by atoms with Gasteiger partial charge in [-0.3, -0.25) is 9.29 Å². The van der Waals surface area contributed by atoms with Crippen molar-refractivity contribution in [2.24, 2.45) is 0 Å². The summed E-state index contributed by atoms with van der Waals surface area (Å²) in [4.78, 5) is 8.57. The maximum absolute atomic E-state index is 13.5. The van der Waals surface area contributed by atoms with Crippen molar-refractivity contribution in [1.82, 2.24) is 24.7 Å². The zero-order valence-electron chi connectivity index (χ0n) is 22.1. The first-order valence-electron chi connectivity index (χ1n) is 12.2. The van der Waals surface area contributed by atoms with Gasteiger partial charge in [0.05, 0.1) is 19.5 Å². The Morgan fingerprint density at radius 2 is 1.63 bits per heavy atom. The van der Waals surface area contributed by atoms with E-state index in [0.717, 1.165) is 5.56 Å². The second kappa shape index (κ2) is 13.0. The normalized spacial score (nSPS) is 13.3. The number of ether oxygens (including phenoxy) is 2. The molecule has 14 heteroatoms. The van der Waals surface area contributed by atoms with E-state index in [9.17, 15) is 16.8 Å². The topological polar surface area (TPSA) is 155 Å². The second-order valence-electron chi connectivity index (χ2n) is 8.91. The molecule has 1 aromatic carbocycles. The van der Waals surface area contributed by atoms with Gasteiger partial charge in [-0.25, -0.2) is 26.8 Å². The van der Waals surface area contributed by atoms with Crippen molar-refractivity contribution in [2.75, 3.05) is 24.7 Å². The quantitative estimate of drug-likeness (QED) is 0.220. The Bertz CT molecular complexity index is 1380. The van der Waals surface area contributed by atoms with E-state index in [1.165, 1.54) is 14.2 Å². The standard InChI is InChI=1S/C24H34N6O6S2/c1-16-14-25-23(26-15-16)17(2)18(3)38(33,34)29-24-28-27-21(12-7-6-8-13-37(31)32)30(24)22-19(35-4)10-9-11-20(22)36-5/h9-11,14-15,17-18,37H,6-8,12-13H2,1-5H3,(H,28,29)/t17-,18-/m0/s1. The van der Waals surface area contributed by atoms with Gasteiger partial charge >= 0.3 is 0 Å². The number of aromatic nitrogens is 5. The largest absolute Gasteiger partial charge is 0.494 e. The molecule has 0 aliphatic heterocycles. The van der Waals surface area contributed by atoms with Gasteiger partial charge in [-0.1, -0.05) is 19.4 Å². The molecule has 0 saturated carbocycles. The number of anilines is 1. The molecule has 2 heterocycles. The van der Waals surface area contributed by atoms with Crippen LogP contribution in [0.2, 0.25) is 0 Å². The number of methoxy groups -OCH3 is 2. The molecule has 3 rings (SSSR count). The number of rotatable bonds is 14. The van der Waals surface area contributed by atoms with Gasteiger partial charge in [0.25, 0.3) is 0 Å². The van der Waals surface area contributed by atoms with Crippen LogP contribution in [0.15, 0.2) is 30.6 Å². The minimum Gasteiger partial charge on any atom is -0.494 e. The fourth-order valence-electron chi connectivity index (χ4n) is 3.87. The third-order valence-corrected chi connectivity index (χ3v) is 8.77. The maximum atomic E-state index is 13.5. The first-order valence-corrected chi connectivity index (χ1v) is 15.1. The molecule has 0 spiro atoms. The Kier molecular flexibility index (Phi) is 10.0. The van der Waals surface area contributed by atoms with E-state index < -0.39 is 31.9 Å². The number of thiol groups is 1. The molecule has 0 amide bonds. The summed E-state index contributed by atoms with van der Waals surface area (Å²) in [6, 6.07) is 5.21. The predicted octanol–water partition coefficient (Wildman–Crippen LogP) is 2.64.